The second-order valence-corrected chi connectivity index (χ2v) is 3.85. The molecule has 0 atom stereocenters. The predicted molar refractivity (Wildman–Crippen MR) is 49.2 cm³/mol. The van der Waals surface area contributed by atoms with Gasteiger partial charge in [-0.2, -0.15) is 13.2 Å². The van der Waals surface area contributed by atoms with Gasteiger partial charge in [0.15, 0.2) is 0 Å². The number of carbonyl (C=O) groups is 2. The predicted octanol–water partition coefficient (Wildman–Crippen LogP) is 0.641. The van der Waals surface area contributed by atoms with Crippen molar-refractivity contribution in [1.82, 2.24) is 4.90 Å². The zero-order chi connectivity index (χ0) is 13.3. The Kier molecular flexibility index (Phi) is 3.65. The molecule has 17 heavy (non-hydrogen) atoms. The lowest BCUT2D eigenvalue weighted by Crippen LogP contribution is -2.67. The van der Waals surface area contributed by atoms with Crippen LogP contribution < -0.4 is 0 Å². The first-order chi connectivity index (χ1) is 7.70. The van der Waals surface area contributed by atoms with E-state index in [4.69, 9.17) is 9.84 Å². The van der Waals surface area contributed by atoms with Crippen molar-refractivity contribution < 1.29 is 32.6 Å². The molecule has 1 aliphatic heterocycles. The highest BCUT2D eigenvalue weighted by molar-refractivity contribution is 5.83. The minimum absolute atomic E-state index is 0.182. The van der Waals surface area contributed by atoms with Gasteiger partial charge in [-0.05, 0) is 6.92 Å². The van der Waals surface area contributed by atoms with E-state index in [1.807, 2.05) is 0 Å². The van der Waals surface area contributed by atoms with Gasteiger partial charge in [-0.3, -0.25) is 9.59 Å². The minimum Gasteiger partial charge on any atom is -0.481 e. The van der Waals surface area contributed by atoms with Crippen molar-refractivity contribution in [2.75, 3.05) is 19.7 Å². The van der Waals surface area contributed by atoms with Gasteiger partial charge in [0, 0.05) is 6.61 Å². The molecule has 0 aromatic rings. The second kappa shape index (κ2) is 4.52. The van der Waals surface area contributed by atoms with Gasteiger partial charge in [-0.15, -0.1) is 0 Å². The second-order valence-electron chi connectivity index (χ2n) is 3.85. The fourth-order valence-electron chi connectivity index (χ4n) is 1.81. The molecule has 1 N–H and O–H groups in total. The van der Waals surface area contributed by atoms with Crippen LogP contribution in [-0.4, -0.2) is 53.4 Å². The highest BCUT2D eigenvalue weighted by atomic mass is 19.4. The first-order valence-electron chi connectivity index (χ1n) is 4.92. The van der Waals surface area contributed by atoms with Crippen LogP contribution in [0.4, 0.5) is 13.2 Å². The maximum atomic E-state index is 12.1. The van der Waals surface area contributed by atoms with E-state index in [1.54, 1.807) is 6.92 Å². The lowest BCUT2D eigenvalue weighted by atomic mass is 9.90. The molecule has 0 saturated carbocycles. The van der Waals surface area contributed by atoms with E-state index in [-0.39, 0.29) is 19.7 Å². The topological polar surface area (TPSA) is 66.8 Å². The third-order valence-corrected chi connectivity index (χ3v) is 2.41. The van der Waals surface area contributed by atoms with Crippen LogP contribution in [0.15, 0.2) is 0 Å². The zero-order valence-corrected chi connectivity index (χ0v) is 9.08. The largest absolute Gasteiger partial charge is 0.481 e. The first kappa shape index (κ1) is 13.8. The van der Waals surface area contributed by atoms with E-state index in [0.717, 1.165) is 0 Å². The fourth-order valence-corrected chi connectivity index (χ4v) is 1.81. The van der Waals surface area contributed by atoms with E-state index in [2.05, 4.69) is 0 Å². The number of alkyl halides is 3. The number of hydrogen-bond donors (Lipinski definition) is 1. The van der Waals surface area contributed by atoms with Crippen molar-refractivity contribution in [2.45, 2.75) is 25.1 Å². The van der Waals surface area contributed by atoms with Crippen LogP contribution in [0.2, 0.25) is 0 Å². The summed E-state index contributed by atoms with van der Waals surface area (Å²) in [6.45, 7) is 1.11. The smallest absolute Gasteiger partial charge is 0.471 e. The Bertz CT molecular complexity index is 323. The molecule has 0 radical (unpaired) electrons. The highest BCUT2D eigenvalue weighted by Crippen LogP contribution is 2.32. The first-order valence-corrected chi connectivity index (χ1v) is 4.92. The Morgan fingerprint density at radius 1 is 1.41 bits per heavy atom. The summed E-state index contributed by atoms with van der Waals surface area (Å²) in [6.07, 6.45) is -5.34. The van der Waals surface area contributed by atoms with E-state index in [1.165, 1.54) is 0 Å². The molecule has 0 spiro atoms. The maximum Gasteiger partial charge on any atom is 0.471 e. The Morgan fingerprint density at radius 3 is 2.29 bits per heavy atom. The van der Waals surface area contributed by atoms with Crippen LogP contribution in [0.5, 0.6) is 0 Å². The average molecular weight is 255 g/mol. The molecule has 1 aliphatic rings. The van der Waals surface area contributed by atoms with Gasteiger partial charge in [-0.1, -0.05) is 0 Å². The van der Waals surface area contributed by atoms with Crippen LogP contribution in [0.1, 0.15) is 13.3 Å². The summed E-state index contributed by atoms with van der Waals surface area (Å²) in [5.41, 5.74) is -1.18. The van der Waals surface area contributed by atoms with Gasteiger partial charge in [0.2, 0.25) is 0 Å². The number of amides is 1. The molecule has 0 aliphatic carbocycles. The summed E-state index contributed by atoms with van der Waals surface area (Å²) in [4.78, 5) is 21.9. The molecular weight excluding hydrogens is 243 g/mol. The quantitative estimate of drug-likeness (QED) is 0.800. The molecule has 0 aromatic heterocycles. The summed E-state index contributed by atoms with van der Waals surface area (Å²) >= 11 is 0. The Balaban J connectivity index is 2.61. The number of likely N-dealkylation sites (tertiary alicyclic amines) is 1. The van der Waals surface area contributed by atoms with Gasteiger partial charge in [0.05, 0.1) is 19.5 Å². The van der Waals surface area contributed by atoms with Gasteiger partial charge < -0.3 is 14.7 Å². The number of carboxylic acid groups (broad SMARTS) is 1. The summed E-state index contributed by atoms with van der Waals surface area (Å²) < 4.78 is 41.3. The van der Waals surface area contributed by atoms with Crippen molar-refractivity contribution >= 4 is 11.9 Å². The minimum atomic E-state index is -4.93. The van der Waals surface area contributed by atoms with Gasteiger partial charge >= 0.3 is 18.1 Å². The van der Waals surface area contributed by atoms with Crippen molar-refractivity contribution in [3.63, 3.8) is 0 Å². The monoisotopic (exact) mass is 255 g/mol. The number of carboxylic acids is 1. The van der Waals surface area contributed by atoms with Crippen LogP contribution >= 0.6 is 0 Å². The van der Waals surface area contributed by atoms with Crippen LogP contribution in [0.3, 0.4) is 0 Å². The third kappa shape index (κ3) is 3.09. The number of halogens is 3. The lowest BCUT2D eigenvalue weighted by Gasteiger charge is -2.48. The molecule has 1 amide bonds. The van der Waals surface area contributed by atoms with Gasteiger partial charge in [0.25, 0.3) is 0 Å². The summed E-state index contributed by atoms with van der Waals surface area (Å²) in [5, 5.41) is 8.62. The van der Waals surface area contributed by atoms with Gasteiger partial charge in [0.1, 0.15) is 5.60 Å². The Morgan fingerprint density at radius 2 is 1.94 bits per heavy atom. The maximum absolute atomic E-state index is 12.1. The molecular formula is C9H12F3NO4. The molecule has 5 nitrogen and oxygen atoms in total. The molecule has 0 bridgehead atoms. The number of aliphatic carboxylic acids is 1. The summed E-state index contributed by atoms with van der Waals surface area (Å²) in [6, 6.07) is 0. The number of nitrogens with zero attached hydrogens (tertiary/aromatic N) is 1. The summed E-state index contributed by atoms with van der Waals surface area (Å²) in [7, 11) is 0. The zero-order valence-electron chi connectivity index (χ0n) is 9.08. The van der Waals surface area contributed by atoms with Crippen LogP contribution in [-0.2, 0) is 14.3 Å². The summed E-state index contributed by atoms with van der Waals surface area (Å²) in [5.74, 6) is -3.13. The molecule has 0 aromatic carbocycles. The average Bonchev–Trinajstić information content (AvgIpc) is 2.09. The molecule has 0 unspecified atom stereocenters. The Hall–Kier alpha value is -1.31. The Labute approximate surface area is 95.1 Å². The van der Waals surface area contributed by atoms with E-state index >= 15 is 0 Å². The van der Waals surface area contributed by atoms with E-state index < -0.39 is 30.1 Å². The van der Waals surface area contributed by atoms with Crippen LogP contribution in [0.25, 0.3) is 0 Å². The molecule has 1 fully saturated rings. The molecule has 8 heteroatoms. The molecule has 1 saturated heterocycles. The highest BCUT2D eigenvalue weighted by Gasteiger charge is 2.53. The number of carbonyl (C=O) groups excluding carboxylic acids is 1. The van der Waals surface area contributed by atoms with Crippen molar-refractivity contribution in [1.29, 1.82) is 0 Å². The molecule has 98 valence electrons. The third-order valence-electron chi connectivity index (χ3n) is 2.41. The van der Waals surface area contributed by atoms with Gasteiger partial charge in [-0.25, -0.2) is 0 Å². The standard InChI is InChI=1S/C9H12F3NO4/c1-2-17-8(3-6(14)15)4-13(5-8)7(16)9(10,11)12/h2-5H2,1H3,(H,14,15). The molecule has 1 heterocycles. The van der Waals surface area contributed by atoms with Crippen molar-refractivity contribution in [3.05, 3.63) is 0 Å². The number of hydrogen-bond acceptors (Lipinski definition) is 3. The SMILES string of the molecule is CCOC1(CC(=O)O)CN(C(=O)C(F)(F)F)C1. The van der Waals surface area contributed by atoms with Crippen molar-refractivity contribution in [2.24, 2.45) is 0 Å². The lowest BCUT2D eigenvalue weighted by molar-refractivity contribution is -0.211. The van der Waals surface area contributed by atoms with E-state index in [9.17, 15) is 22.8 Å². The number of ether oxygens (including phenoxy) is 1. The van der Waals surface area contributed by atoms with Crippen molar-refractivity contribution in [3.8, 4) is 0 Å². The van der Waals surface area contributed by atoms with Crippen LogP contribution in [0, 0.1) is 0 Å². The fraction of sp³-hybridized carbons (Fsp3) is 0.778. The molecule has 1 rings (SSSR count). The van der Waals surface area contributed by atoms with E-state index in [0.29, 0.717) is 4.90 Å². The normalized spacial score (nSPS) is 18.7. The number of rotatable bonds is 4.